The second-order valence-corrected chi connectivity index (χ2v) is 11.9. The summed E-state index contributed by atoms with van der Waals surface area (Å²) in [5.74, 6) is -1.26. The lowest BCUT2D eigenvalue weighted by molar-refractivity contribution is -0.116. The van der Waals surface area contributed by atoms with Gasteiger partial charge in [0.25, 0.3) is 0 Å². The average molecular weight is 602 g/mol. The van der Waals surface area contributed by atoms with E-state index in [1.807, 2.05) is 24.3 Å². The van der Waals surface area contributed by atoms with Crippen molar-refractivity contribution < 1.29 is 26.6 Å². The number of aromatic nitrogens is 3. The second kappa shape index (κ2) is 11.2. The molecule has 2 aromatic carbocycles. The summed E-state index contributed by atoms with van der Waals surface area (Å²) in [6, 6.07) is 10.8. The number of carbonyl (C=O) groups is 1. The van der Waals surface area contributed by atoms with Gasteiger partial charge in [-0.3, -0.25) is 4.79 Å². The van der Waals surface area contributed by atoms with Crippen molar-refractivity contribution in [1.82, 2.24) is 24.2 Å². The number of nitrogens with one attached hydrogen (secondary N) is 1. The van der Waals surface area contributed by atoms with Gasteiger partial charge in [0.05, 0.1) is 11.1 Å². The molecular weight excluding hydrogens is 574 g/mol. The van der Waals surface area contributed by atoms with Crippen molar-refractivity contribution in [3.8, 4) is 22.4 Å². The molecule has 1 aliphatic rings. The Hall–Kier alpha value is -4.30. The summed E-state index contributed by atoms with van der Waals surface area (Å²) in [5, 5.41) is 3.13. The monoisotopic (exact) mass is 601 g/mol. The number of carbonyl (C=O) groups excluding carboxylic acids is 1. The van der Waals surface area contributed by atoms with E-state index in [1.165, 1.54) is 18.5 Å². The maximum absolute atomic E-state index is 15.5. The lowest BCUT2D eigenvalue weighted by Crippen LogP contribution is -2.38. The van der Waals surface area contributed by atoms with E-state index >= 15 is 4.39 Å². The highest BCUT2D eigenvalue weighted by molar-refractivity contribution is 7.92. The number of hydrogen-bond donors (Lipinski definition) is 2. The van der Waals surface area contributed by atoms with Crippen LogP contribution in [0.4, 0.5) is 29.1 Å². The Kier molecular flexibility index (Phi) is 7.77. The van der Waals surface area contributed by atoms with Gasteiger partial charge in [0, 0.05) is 32.2 Å². The Balaban J connectivity index is 1.64. The molecule has 1 saturated heterocycles. The lowest BCUT2D eigenvalue weighted by Gasteiger charge is -2.22. The molecular formula is C28H27F4N7O2S. The molecule has 0 spiro atoms. The quantitative estimate of drug-likeness (QED) is 0.216. The topological polar surface area (TPSA) is 118 Å². The Morgan fingerprint density at radius 2 is 1.81 bits per heavy atom. The molecule has 1 atom stereocenters. The number of fused-ring (bicyclic) bond motifs is 1. The van der Waals surface area contributed by atoms with Crippen LogP contribution in [0.15, 0.2) is 65.8 Å². The minimum absolute atomic E-state index is 0.0421. The van der Waals surface area contributed by atoms with E-state index in [0.717, 1.165) is 22.0 Å². The van der Waals surface area contributed by atoms with E-state index in [1.54, 1.807) is 11.6 Å². The molecule has 1 aliphatic heterocycles. The number of nitrogens with two attached hydrogens (primary N) is 1. The van der Waals surface area contributed by atoms with Crippen LogP contribution < -0.4 is 11.1 Å². The Labute approximate surface area is 239 Å². The minimum atomic E-state index is -5.17. The third kappa shape index (κ3) is 5.23. The number of anilines is 1. The molecule has 1 fully saturated rings. The first-order valence-corrected chi connectivity index (χ1v) is 14.4. The zero-order chi connectivity index (χ0) is 30.2. The summed E-state index contributed by atoms with van der Waals surface area (Å²) in [6.07, 6.45) is 3.36. The number of benzene rings is 2. The van der Waals surface area contributed by atoms with Gasteiger partial charge in [0.15, 0.2) is 0 Å². The van der Waals surface area contributed by atoms with Gasteiger partial charge in [0.1, 0.15) is 29.3 Å². The number of halogens is 4. The van der Waals surface area contributed by atoms with Crippen molar-refractivity contribution in [2.45, 2.75) is 24.9 Å². The van der Waals surface area contributed by atoms with Crippen molar-refractivity contribution in [1.29, 1.82) is 0 Å². The van der Waals surface area contributed by atoms with Gasteiger partial charge in [0.2, 0.25) is 15.8 Å². The SMILES string of the molecule is C=CC(=O)NCc1ccc(-c2c(-c3ccc(N=S(=O)(N4CCCC4)C(F)(F)F)c(F)c3)c3c(N)ncnc3n2C)cc1. The summed E-state index contributed by atoms with van der Waals surface area (Å²) in [5.41, 5.74) is 3.72. The van der Waals surface area contributed by atoms with Crippen LogP contribution in [0, 0.1) is 5.82 Å². The van der Waals surface area contributed by atoms with E-state index in [0.29, 0.717) is 40.7 Å². The normalized spacial score (nSPS) is 15.5. The molecule has 5 rings (SSSR count). The van der Waals surface area contributed by atoms with Crippen LogP contribution >= 0.6 is 0 Å². The van der Waals surface area contributed by atoms with E-state index in [-0.39, 0.29) is 36.9 Å². The van der Waals surface area contributed by atoms with Crippen molar-refractivity contribution in [2.75, 3.05) is 18.8 Å². The molecule has 220 valence electrons. The Morgan fingerprint density at radius 1 is 1.14 bits per heavy atom. The molecule has 3 N–H and O–H groups in total. The molecule has 0 radical (unpaired) electrons. The molecule has 0 saturated carbocycles. The molecule has 14 heteroatoms. The summed E-state index contributed by atoms with van der Waals surface area (Å²) < 4.78 is 76.3. The summed E-state index contributed by atoms with van der Waals surface area (Å²) in [7, 11) is -3.15. The lowest BCUT2D eigenvalue weighted by atomic mass is 9.98. The third-order valence-electron chi connectivity index (χ3n) is 7.05. The molecule has 1 amide bonds. The number of rotatable bonds is 7. The number of alkyl halides is 3. The van der Waals surface area contributed by atoms with Crippen LogP contribution in [0.25, 0.3) is 33.4 Å². The molecule has 0 aliphatic carbocycles. The molecule has 2 aromatic heterocycles. The zero-order valence-corrected chi connectivity index (χ0v) is 23.3. The average Bonchev–Trinajstić information content (AvgIpc) is 3.60. The maximum Gasteiger partial charge on any atom is 0.493 e. The van der Waals surface area contributed by atoms with E-state index in [9.17, 15) is 22.2 Å². The van der Waals surface area contributed by atoms with E-state index < -0.39 is 26.9 Å². The number of hydrogen-bond acceptors (Lipinski definition) is 6. The van der Waals surface area contributed by atoms with Gasteiger partial charge in [-0.2, -0.15) is 17.5 Å². The van der Waals surface area contributed by atoms with Crippen LogP contribution in [0.3, 0.4) is 0 Å². The standard InChI is InChI=1S/C28H27F4N7O2S/c1-3-22(40)34-15-17-6-8-18(9-7-17)25-23(24-26(33)35-16-36-27(24)38(25)2)19-10-11-21(20(29)14-19)37-42(41,28(30,31)32)39-12-4-5-13-39/h3,6-11,14,16H,1,4-5,12-13,15H2,2H3,(H,34,40)(H2,33,35,36). The first-order chi connectivity index (χ1) is 19.9. The smallest absolute Gasteiger partial charge is 0.383 e. The van der Waals surface area contributed by atoms with Crippen molar-refractivity contribution in [3.63, 3.8) is 0 Å². The zero-order valence-electron chi connectivity index (χ0n) is 22.5. The van der Waals surface area contributed by atoms with Gasteiger partial charge >= 0.3 is 5.51 Å². The van der Waals surface area contributed by atoms with Gasteiger partial charge in [-0.25, -0.2) is 22.9 Å². The molecule has 3 heterocycles. The fourth-order valence-corrected chi connectivity index (χ4v) is 6.68. The van der Waals surface area contributed by atoms with Crippen LogP contribution in [0.5, 0.6) is 0 Å². The fraction of sp³-hybridized carbons (Fsp3) is 0.250. The highest BCUT2D eigenvalue weighted by atomic mass is 32.2. The molecule has 0 bridgehead atoms. The number of nitrogens with zero attached hydrogens (tertiary/aromatic N) is 5. The van der Waals surface area contributed by atoms with Gasteiger partial charge < -0.3 is 15.6 Å². The predicted molar refractivity (Wildman–Crippen MR) is 153 cm³/mol. The summed E-state index contributed by atoms with van der Waals surface area (Å²) in [4.78, 5) is 20.0. The van der Waals surface area contributed by atoms with Crippen molar-refractivity contribution in [2.24, 2.45) is 11.4 Å². The predicted octanol–water partition coefficient (Wildman–Crippen LogP) is 5.46. The Bertz CT molecular complexity index is 1800. The second-order valence-electron chi connectivity index (χ2n) is 9.69. The summed E-state index contributed by atoms with van der Waals surface area (Å²) >= 11 is 0. The molecule has 4 aromatic rings. The largest absolute Gasteiger partial charge is 0.493 e. The minimum Gasteiger partial charge on any atom is -0.383 e. The third-order valence-corrected chi connectivity index (χ3v) is 9.16. The van der Waals surface area contributed by atoms with Crippen molar-refractivity contribution >= 4 is 38.4 Å². The maximum atomic E-state index is 15.5. The Morgan fingerprint density at radius 3 is 2.43 bits per heavy atom. The highest BCUT2D eigenvalue weighted by Crippen LogP contribution is 2.43. The van der Waals surface area contributed by atoms with Crippen molar-refractivity contribution in [3.05, 3.63) is 72.8 Å². The van der Waals surface area contributed by atoms with E-state index in [2.05, 4.69) is 26.2 Å². The number of nitrogen functional groups attached to an aromatic ring is 1. The molecule has 9 nitrogen and oxygen atoms in total. The van der Waals surface area contributed by atoms with Gasteiger partial charge in [-0.15, -0.1) is 0 Å². The first kappa shape index (κ1) is 29.2. The van der Waals surface area contributed by atoms with Crippen LogP contribution in [0.1, 0.15) is 18.4 Å². The molecule has 1 unspecified atom stereocenters. The summed E-state index contributed by atoms with van der Waals surface area (Å²) in [6.45, 7) is 3.62. The van der Waals surface area contributed by atoms with Crippen LogP contribution in [-0.4, -0.2) is 47.6 Å². The van der Waals surface area contributed by atoms with Crippen LogP contribution in [-0.2, 0) is 28.3 Å². The highest BCUT2D eigenvalue weighted by Gasteiger charge is 2.48. The van der Waals surface area contributed by atoms with Crippen LogP contribution in [0.2, 0.25) is 0 Å². The van der Waals surface area contributed by atoms with E-state index in [4.69, 9.17) is 5.73 Å². The van der Waals surface area contributed by atoms with Gasteiger partial charge in [-0.05, 0) is 47.7 Å². The fourth-order valence-electron chi connectivity index (χ4n) is 5.00. The first-order valence-electron chi connectivity index (χ1n) is 12.9. The number of aryl methyl sites for hydroxylation is 1. The number of amides is 1. The van der Waals surface area contributed by atoms with Gasteiger partial charge in [-0.1, -0.05) is 36.9 Å². The molecule has 42 heavy (non-hydrogen) atoms.